The van der Waals surface area contributed by atoms with Gasteiger partial charge in [0.2, 0.25) is 0 Å². The van der Waals surface area contributed by atoms with Crippen LogP contribution in [-0.2, 0) is 0 Å². The van der Waals surface area contributed by atoms with Crippen LogP contribution in [0, 0.1) is 68.9 Å². The third-order valence-electron chi connectivity index (χ3n) is 15.0. The second-order valence-electron chi connectivity index (χ2n) is 23.8. The number of benzene rings is 8. The maximum Gasteiger partial charge on any atom is 0.139 e. The molecule has 0 saturated heterocycles. The van der Waals surface area contributed by atoms with Crippen molar-refractivity contribution in [3.63, 3.8) is 0 Å². The number of hydrogen-bond donors (Lipinski definition) is 0. The van der Waals surface area contributed by atoms with Crippen LogP contribution >= 0.6 is 0 Å². The molecule has 0 amide bonds. The summed E-state index contributed by atoms with van der Waals surface area (Å²) in [4.78, 5) is 0. The third kappa shape index (κ3) is 8.15. The highest BCUT2D eigenvalue weighted by molar-refractivity contribution is 6.88. The average Bonchev–Trinajstić information content (AvgIpc) is 3.78. The van der Waals surface area contributed by atoms with Crippen LogP contribution in [0.15, 0.2) is 109 Å². The zero-order valence-electron chi connectivity index (χ0n) is 43.1. The highest BCUT2D eigenvalue weighted by Crippen LogP contribution is 2.49. The van der Waals surface area contributed by atoms with Gasteiger partial charge in [-0.1, -0.05) is 180 Å². The van der Waals surface area contributed by atoms with E-state index in [2.05, 4.69) is 215 Å². The lowest BCUT2D eigenvalue weighted by Gasteiger charge is -2.31. The first kappa shape index (κ1) is 46.3. The fourth-order valence-electron chi connectivity index (χ4n) is 13.8. The van der Waals surface area contributed by atoms with Crippen molar-refractivity contribution < 1.29 is 0 Å². The molecule has 0 aliphatic heterocycles. The molecule has 0 aromatic heterocycles. The van der Waals surface area contributed by atoms with Crippen molar-refractivity contribution in [1.82, 2.24) is 0 Å². The average molecular weight is 921 g/mol. The number of rotatable bonds is 12. The first-order valence-electron chi connectivity index (χ1n) is 26.2. The lowest BCUT2D eigenvalue weighted by molar-refractivity contribution is 0.650. The predicted octanol–water partition coefficient (Wildman–Crippen LogP) is 19.1. The van der Waals surface area contributed by atoms with E-state index in [4.69, 9.17) is 0 Å². The van der Waals surface area contributed by atoms with E-state index in [0.29, 0.717) is 35.5 Å². The molecule has 0 unspecified atom stereocenters. The van der Waals surface area contributed by atoms with E-state index in [-0.39, 0.29) is 0 Å². The number of fused-ring (bicyclic) bond motifs is 10. The van der Waals surface area contributed by atoms with Crippen LogP contribution in [0.1, 0.15) is 94.2 Å². The molecule has 0 radical (unpaired) electrons. The monoisotopic (exact) mass is 921 g/mol. The van der Waals surface area contributed by atoms with Crippen molar-refractivity contribution in [1.29, 1.82) is 0 Å². The molecule has 0 bridgehead atoms. The summed E-state index contributed by atoms with van der Waals surface area (Å²) in [5, 5.41) is 24.0. The minimum absolute atomic E-state index is 0.625. The molecule has 0 nitrogen and oxygen atoms in total. The van der Waals surface area contributed by atoms with Gasteiger partial charge in [0, 0.05) is 11.1 Å². The quantitative estimate of drug-likeness (QED) is 0.0651. The Morgan fingerprint density at radius 1 is 0.309 bits per heavy atom. The lowest BCUT2D eigenvalue weighted by atomic mass is 9.89. The maximum absolute atomic E-state index is 4.28. The Morgan fingerprint density at radius 2 is 0.588 bits per heavy atom. The Balaban J connectivity index is 1.38. The molecule has 0 atom stereocenters. The van der Waals surface area contributed by atoms with Crippen LogP contribution in [-0.4, -0.2) is 16.1 Å². The van der Waals surface area contributed by atoms with Gasteiger partial charge in [-0.3, -0.25) is 0 Å². The first-order chi connectivity index (χ1) is 32.6. The second-order valence-corrected chi connectivity index (χ2v) is 31.9. The molecular weight excluding hydrogens is 849 g/mol. The molecule has 0 fully saturated rings. The van der Waals surface area contributed by atoms with Gasteiger partial charge in [-0.25, -0.2) is 0 Å². The van der Waals surface area contributed by atoms with E-state index in [1.807, 2.05) is 0 Å². The van der Waals surface area contributed by atoms with Crippen LogP contribution in [0.4, 0.5) is 0 Å². The Kier molecular flexibility index (Phi) is 12.2. The van der Waals surface area contributed by atoms with Gasteiger partial charge in [-0.15, -0.1) is 11.1 Å². The molecular formula is C66H72Si2. The summed E-state index contributed by atoms with van der Waals surface area (Å²) < 4.78 is 0. The van der Waals surface area contributed by atoms with Crippen molar-refractivity contribution in [2.45, 2.75) is 119 Å². The van der Waals surface area contributed by atoms with Crippen molar-refractivity contribution in [2.75, 3.05) is 0 Å². The van der Waals surface area contributed by atoms with Gasteiger partial charge in [0.1, 0.15) is 16.1 Å². The van der Waals surface area contributed by atoms with Gasteiger partial charge in [0.05, 0.1) is 0 Å². The molecule has 2 heteroatoms. The van der Waals surface area contributed by atoms with E-state index >= 15 is 0 Å². The zero-order chi connectivity index (χ0) is 47.8. The third-order valence-corrected chi connectivity index (χ3v) is 25.9. The standard InChI is InChI=1S/C66H72Si2/c1-41(2)35-67(36-42(3)4,37-43(5)6)29-27-51-53-23-17-25-55-61(53)65(59-33-49-21-15-13-19-47(49)31-57(51)59)64-56-26-18-24-54-52(28-30-68(38-44(7)8,39-45(9)10)40-46(11)12)58-32-48-20-14-16-22-50(48)34-60(58)66(62(54)56)63(55)64/h13-26,31-34,41-46H,35-40H2,1-12H3. The van der Waals surface area contributed by atoms with E-state index in [0.717, 1.165) is 0 Å². The first-order valence-corrected chi connectivity index (χ1v) is 31.4. The van der Waals surface area contributed by atoms with Crippen LogP contribution in [0.2, 0.25) is 36.3 Å². The van der Waals surface area contributed by atoms with E-state index in [1.54, 1.807) is 0 Å². The maximum atomic E-state index is 4.28. The normalized spacial score (nSPS) is 13.0. The van der Waals surface area contributed by atoms with Crippen molar-refractivity contribution in [3.05, 3.63) is 131 Å². The molecule has 8 aromatic rings. The Morgan fingerprint density at radius 3 is 0.882 bits per heavy atom. The van der Waals surface area contributed by atoms with Crippen molar-refractivity contribution in [3.8, 4) is 22.9 Å². The molecule has 8 aromatic carbocycles. The second kappa shape index (κ2) is 17.8. The summed E-state index contributed by atoms with van der Waals surface area (Å²) >= 11 is 0. The summed E-state index contributed by atoms with van der Waals surface area (Å²) in [6.45, 7) is 29.0. The SMILES string of the molecule is CC(C)C[Si](C#Cc1c2cc3ccccc3cc2c2c3c4cccc5c(C#C[Si](CC(C)C)(CC(C)C)CC(C)C)c6cc7ccccc7cc6c(c=3c3cccc1c32)c54)(CC(C)C)CC(C)C. The largest absolute Gasteiger partial charge is 0.139 e. The molecule has 0 spiro atoms. The predicted molar refractivity (Wildman–Crippen MR) is 307 cm³/mol. The van der Waals surface area contributed by atoms with E-state index in [1.165, 1.54) is 144 Å². The van der Waals surface area contributed by atoms with Crippen LogP contribution in [0.3, 0.4) is 0 Å². The topological polar surface area (TPSA) is 0 Å². The number of hydrogen-bond acceptors (Lipinski definition) is 0. The molecule has 344 valence electrons. The molecule has 2 aliphatic carbocycles. The summed E-state index contributed by atoms with van der Waals surface area (Å²) in [5.74, 6) is 12.0. The Hall–Kier alpha value is -5.39. The van der Waals surface area contributed by atoms with Gasteiger partial charge in [-0.2, -0.15) is 0 Å². The summed E-state index contributed by atoms with van der Waals surface area (Å²) in [5.41, 5.74) is 11.0. The summed E-state index contributed by atoms with van der Waals surface area (Å²) in [6.07, 6.45) is 0. The smallest absolute Gasteiger partial charge is 0.126 e. The van der Waals surface area contributed by atoms with Crippen molar-refractivity contribution >= 4 is 102 Å². The van der Waals surface area contributed by atoms with Crippen LogP contribution < -0.4 is 0 Å². The Bertz CT molecular complexity index is 3430. The molecule has 68 heavy (non-hydrogen) atoms. The van der Waals surface area contributed by atoms with Gasteiger partial charge in [0.15, 0.2) is 0 Å². The minimum Gasteiger partial charge on any atom is -0.126 e. The lowest BCUT2D eigenvalue weighted by Crippen LogP contribution is -2.37. The summed E-state index contributed by atoms with van der Waals surface area (Å²) in [7, 11) is -3.98. The van der Waals surface area contributed by atoms with Gasteiger partial charge < -0.3 is 0 Å². The molecule has 10 rings (SSSR count). The Labute approximate surface area is 408 Å². The fraction of sp³-hybridized carbons (Fsp3) is 0.364. The van der Waals surface area contributed by atoms with Crippen molar-refractivity contribution in [2.24, 2.45) is 35.5 Å². The zero-order valence-corrected chi connectivity index (χ0v) is 45.1. The van der Waals surface area contributed by atoms with Gasteiger partial charge in [0.25, 0.3) is 0 Å². The summed E-state index contributed by atoms with van der Waals surface area (Å²) in [6, 6.07) is 49.7. The van der Waals surface area contributed by atoms with E-state index in [9.17, 15) is 0 Å². The fourth-order valence-corrected chi connectivity index (χ4v) is 25.6. The van der Waals surface area contributed by atoms with Gasteiger partial charge >= 0.3 is 0 Å². The molecule has 0 saturated carbocycles. The minimum atomic E-state index is -1.99. The molecule has 2 aliphatic rings. The van der Waals surface area contributed by atoms with E-state index < -0.39 is 16.1 Å². The highest BCUT2D eigenvalue weighted by atomic mass is 28.3. The highest BCUT2D eigenvalue weighted by Gasteiger charge is 2.36. The molecule has 0 heterocycles. The van der Waals surface area contributed by atoms with Gasteiger partial charge in [-0.05, 0) is 193 Å². The van der Waals surface area contributed by atoms with Crippen LogP contribution in [0.5, 0.6) is 0 Å². The molecule has 0 N–H and O–H groups in total. The van der Waals surface area contributed by atoms with Crippen LogP contribution in [0.25, 0.3) is 86.2 Å².